The van der Waals surface area contributed by atoms with Crippen molar-refractivity contribution in [3.63, 3.8) is 0 Å². The van der Waals surface area contributed by atoms with Gasteiger partial charge in [-0.05, 0) is 79.8 Å². The van der Waals surface area contributed by atoms with Gasteiger partial charge in [-0.3, -0.25) is 0 Å². The molecule has 0 bridgehead atoms. The van der Waals surface area contributed by atoms with E-state index in [1.54, 1.807) is 35.6 Å². The van der Waals surface area contributed by atoms with Crippen molar-refractivity contribution in [2.75, 3.05) is 26.7 Å². The lowest BCUT2D eigenvalue weighted by Gasteiger charge is -2.35. The highest BCUT2D eigenvalue weighted by atomic mass is 32.2. The Morgan fingerprint density at radius 3 is 1.91 bits per heavy atom. The van der Waals surface area contributed by atoms with Gasteiger partial charge >= 0.3 is 0 Å². The molecule has 5 rings (SSSR count). The predicted molar refractivity (Wildman–Crippen MR) is 142 cm³/mol. The fourth-order valence-electron chi connectivity index (χ4n) is 6.16. The highest BCUT2D eigenvalue weighted by Crippen LogP contribution is 2.43. The first-order valence-electron chi connectivity index (χ1n) is 12.9. The Balaban J connectivity index is 1.30. The van der Waals surface area contributed by atoms with Crippen LogP contribution < -0.4 is 0 Å². The fourth-order valence-corrected chi connectivity index (χ4v) is 7.56. The summed E-state index contributed by atoms with van der Waals surface area (Å²) in [4.78, 5) is 3.00. The Morgan fingerprint density at radius 1 is 0.771 bits per heavy atom. The summed E-state index contributed by atoms with van der Waals surface area (Å²) in [6.07, 6.45) is 4.16. The minimum Gasteiger partial charge on any atom is -0.303 e. The van der Waals surface area contributed by atoms with E-state index in [9.17, 15) is 8.42 Å². The van der Waals surface area contributed by atoms with Gasteiger partial charge in [0.15, 0.2) is 0 Å². The molecule has 0 N–H and O–H groups in total. The van der Waals surface area contributed by atoms with Gasteiger partial charge in [-0.25, -0.2) is 8.42 Å². The number of benzene rings is 3. The van der Waals surface area contributed by atoms with Crippen LogP contribution in [-0.2, 0) is 10.0 Å². The van der Waals surface area contributed by atoms with E-state index in [2.05, 4.69) is 65.6 Å². The van der Waals surface area contributed by atoms with Crippen LogP contribution in [0.3, 0.4) is 0 Å². The lowest BCUT2D eigenvalue weighted by Crippen LogP contribution is -2.38. The largest absolute Gasteiger partial charge is 0.303 e. The maximum atomic E-state index is 13.3. The van der Waals surface area contributed by atoms with Crippen molar-refractivity contribution in [2.45, 2.75) is 48.5 Å². The molecule has 1 aliphatic heterocycles. The van der Waals surface area contributed by atoms with Gasteiger partial charge in [0.1, 0.15) is 0 Å². The first-order valence-corrected chi connectivity index (χ1v) is 14.3. The molecule has 1 saturated heterocycles. The molecule has 2 aliphatic rings. The summed E-state index contributed by atoms with van der Waals surface area (Å²) in [5.74, 6) is 1.47. The second kappa shape index (κ2) is 10.7. The van der Waals surface area contributed by atoms with Crippen LogP contribution in [0.25, 0.3) is 0 Å². The van der Waals surface area contributed by atoms with Gasteiger partial charge in [0, 0.05) is 19.6 Å². The van der Waals surface area contributed by atoms with Crippen LogP contribution >= 0.6 is 0 Å². The Bertz CT molecular complexity index is 1180. The quantitative estimate of drug-likeness (QED) is 0.425. The highest BCUT2D eigenvalue weighted by Gasteiger charge is 2.41. The number of nitrogens with zero attached hydrogens (tertiary/aromatic N) is 2. The molecule has 3 unspecified atom stereocenters. The van der Waals surface area contributed by atoms with Crippen LogP contribution in [0, 0.1) is 5.92 Å². The first kappa shape index (κ1) is 24.2. The van der Waals surface area contributed by atoms with E-state index in [4.69, 9.17) is 0 Å². The van der Waals surface area contributed by atoms with Gasteiger partial charge in [-0.2, -0.15) is 4.31 Å². The number of sulfonamides is 1. The van der Waals surface area contributed by atoms with Crippen molar-refractivity contribution in [2.24, 2.45) is 5.92 Å². The van der Waals surface area contributed by atoms with Gasteiger partial charge in [0.2, 0.25) is 10.0 Å². The minimum absolute atomic E-state index is 0.0114. The average molecular weight is 489 g/mol. The summed E-state index contributed by atoms with van der Waals surface area (Å²) in [6, 6.07) is 30.5. The predicted octanol–water partition coefficient (Wildman–Crippen LogP) is 5.75. The van der Waals surface area contributed by atoms with Crippen molar-refractivity contribution < 1.29 is 8.42 Å². The van der Waals surface area contributed by atoms with E-state index >= 15 is 0 Å². The van der Waals surface area contributed by atoms with Crippen molar-refractivity contribution in [1.82, 2.24) is 9.21 Å². The summed E-state index contributed by atoms with van der Waals surface area (Å²) in [5, 5.41) is 0. The maximum absolute atomic E-state index is 13.3. The standard InChI is InChI=1S/C30H36N2O2S/c1-31(35(33,34)29-15-9-4-10-16-29)28-21-27(30(22-28)26-13-7-3-8-14-26)23-32-19-17-25(18-20-32)24-11-5-2-6-12-24/h2-16,25,27-28,30H,17-23H2,1H3. The monoisotopic (exact) mass is 488 g/mol. The summed E-state index contributed by atoms with van der Waals surface area (Å²) in [5.41, 5.74) is 2.80. The highest BCUT2D eigenvalue weighted by molar-refractivity contribution is 7.89. The maximum Gasteiger partial charge on any atom is 0.243 e. The molecule has 0 radical (unpaired) electrons. The molecule has 1 aliphatic carbocycles. The number of likely N-dealkylation sites (tertiary alicyclic amines) is 1. The Morgan fingerprint density at radius 2 is 1.31 bits per heavy atom. The van der Waals surface area contributed by atoms with Crippen LogP contribution in [0.4, 0.5) is 0 Å². The molecule has 1 saturated carbocycles. The van der Waals surface area contributed by atoms with Gasteiger partial charge in [-0.15, -0.1) is 0 Å². The number of hydrogen-bond acceptors (Lipinski definition) is 3. The van der Waals surface area contributed by atoms with Crippen LogP contribution in [0.15, 0.2) is 95.9 Å². The second-order valence-corrected chi connectivity index (χ2v) is 12.2. The zero-order valence-electron chi connectivity index (χ0n) is 20.5. The van der Waals surface area contributed by atoms with E-state index < -0.39 is 10.0 Å². The molecule has 0 spiro atoms. The number of rotatable bonds is 7. The molecule has 3 atom stereocenters. The Kier molecular flexibility index (Phi) is 7.37. The van der Waals surface area contributed by atoms with Crippen LogP contribution in [0.5, 0.6) is 0 Å². The zero-order chi connectivity index (χ0) is 24.3. The lowest BCUT2D eigenvalue weighted by molar-refractivity contribution is 0.176. The van der Waals surface area contributed by atoms with Crippen LogP contribution in [-0.4, -0.2) is 50.3 Å². The third-order valence-electron chi connectivity index (χ3n) is 8.18. The molecule has 1 heterocycles. The number of hydrogen-bond donors (Lipinski definition) is 0. The molecular formula is C30H36N2O2S. The second-order valence-electron chi connectivity index (χ2n) is 10.2. The van der Waals surface area contributed by atoms with Crippen molar-refractivity contribution >= 4 is 10.0 Å². The van der Waals surface area contributed by atoms with Crippen molar-refractivity contribution in [1.29, 1.82) is 0 Å². The SMILES string of the molecule is CN(C1CC(CN2CCC(c3ccccc3)CC2)C(c2ccccc2)C1)S(=O)(=O)c1ccccc1. The molecule has 184 valence electrons. The molecular weight excluding hydrogens is 452 g/mol. The lowest BCUT2D eigenvalue weighted by atomic mass is 9.86. The zero-order valence-corrected chi connectivity index (χ0v) is 21.4. The molecule has 4 nitrogen and oxygen atoms in total. The van der Waals surface area contributed by atoms with Crippen LogP contribution in [0.2, 0.25) is 0 Å². The Labute approximate surface area is 210 Å². The fraction of sp³-hybridized carbons (Fsp3) is 0.400. The molecule has 35 heavy (non-hydrogen) atoms. The van der Waals surface area contributed by atoms with Crippen LogP contribution in [0.1, 0.15) is 48.6 Å². The number of piperidine rings is 1. The third kappa shape index (κ3) is 5.37. The minimum atomic E-state index is -3.50. The Hall–Kier alpha value is -2.47. The van der Waals surface area contributed by atoms with Crippen molar-refractivity contribution in [3.05, 3.63) is 102 Å². The first-order chi connectivity index (χ1) is 17.0. The molecule has 3 aromatic rings. The summed E-state index contributed by atoms with van der Waals surface area (Å²) < 4.78 is 28.3. The topological polar surface area (TPSA) is 40.6 Å². The van der Waals surface area contributed by atoms with E-state index in [0.717, 1.165) is 32.5 Å². The van der Waals surface area contributed by atoms with Gasteiger partial charge in [0.25, 0.3) is 0 Å². The van der Waals surface area contributed by atoms with Crippen molar-refractivity contribution in [3.8, 4) is 0 Å². The van der Waals surface area contributed by atoms with E-state index in [1.807, 2.05) is 6.07 Å². The molecule has 3 aromatic carbocycles. The molecule has 0 amide bonds. The molecule has 2 fully saturated rings. The van der Waals surface area contributed by atoms with Gasteiger partial charge in [0.05, 0.1) is 4.90 Å². The van der Waals surface area contributed by atoms with Gasteiger partial charge < -0.3 is 4.90 Å². The molecule has 0 aromatic heterocycles. The summed E-state index contributed by atoms with van der Waals surface area (Å²) >= 11 is 0. The van der Waals surface area contributed by atoms with E-state index in [0.29, 0.717) is 22.6 Å². The molecule has 5 heteroatoms. The smallest absolute Gasteiger partial charge is 0.243 e. The van der Waals surface area contributed by atoms with E-state index in [-0.39, 0.29) is 6.04 Å². The van der Waals surface area contributed by atoms with E-state index in [1.165, 1.54) is 24.0 Å². The normalized spacial score (nSPS) is 24.1. The third-order valence-corrected chi connectivity index (χ3v) is 10.1. The van der Waals surface area contributed by atoms with Gasteiger partial charge in [-0.1, -0.05) is 78.9 Å². The average Bonchev–Trinajstić information content (AvgIpc) is 3.33. The summed E-state index contributed by atoms with van der Waals surface area (Å²) in [7, 11) is -1.74. The summed E-state index contributed by atoms with van der Waals surface area (Å²) in [6.45, 7) is 3.26.